The molecule has 1 fully saturated rings. The van der Waals surface area contributed by atoms with E-state index in [-0.39, 0.29) is 30.1 Å². The van der Waals surface area contributed by atoms with Gasteiger partial charge in [0.05, 0.1) is 12.7 Å². The molecule has 31 heavy (non-hydrogen) atoms. The summed E-state index contributed by atoms with van der Waals surface area (Å²) in [4.78, 5) is 4.39. The molecule has 1 heterocycles. The van der Waals surface area contributed by atoms with Crippen LogP contribution in [0.15, 0.2) is 53.5 Å². The molecule has 3 rings (SSSR count). The highest BCUT2D eigenvalue weighted by molar-refractivity contribution is 14.0. The number of aryl methyl sites for hydroxylation is 1. The number of rotatable bonds is 8. The maximum absolute atomic E-state index is 6.14. The highest BCUT2D eigenvalue weighted by atomic mass is 127. The van der Waals surface area contributed by atoms with Crippen LogP contribution < -0.4 is 10.6 Å². The molecule has 1 aliphatic heterocycles. The lowest BCUT2D eigenvalue weighted by molar-refractivity contribution is -0.0265. The first-order valence-corrected chi connectivity index (χ1v) is 11.0. The lowest BCUT2D eigenvalue weighted by atomic mass is 9.89. The van der Waals surface area contributed by atoms with Crippen LogP contribution in [0.1, 0.15) is 48.1 Å². The number of aliphatic imine (C=N–C) groups is 1. The Morgan fingerprint density at radius 3 is 2.45 bits per heavy atom. The molecule has 0 saturated carbocycles. The Labute approximate surface area is 204 Å². The molecule has 2 aromatic rings. The van der Waals surface area contributed by atoms with Crippen molar-refractivity contribution >= 4 is 29.9 Å². The molecule has 170 valence electrons. The van der Waals surface area contributed by atoms with Gasteiger partial charge in [-0.1, -0.05) is 54.1 Å². The molecule has 0 bridgehead atoms. The van der Waals surface area contributed by atoms with Gasteiger partial charge in [-0.15, -0.1) is 24.0 Å². The van der Waals surface area contributed by atoms with Crippen LogP contribution in [0.3, 0.4) is 0 Å². The van der Waals surface area contributed by atoms with Crippen molar-refractivity contribution in [2.24, 2.45) is 10.9 Å². The van der Waals surface area contributed by atoms with Gasteiger partial charge in [0.15, 0.2) is 5.96 Å². The zero-order valence-corrected chi connectivity index (χ0v) is 21.2. The highest BCUT2D eigenvalue weighted by Crippen LogP contribution is 2.33. The summed E-state index contributed by atoms with van der Waals surface area (Å²) in [5, 5.41) is 6.92. The standard InChI is InChI=1S/C25H35N3O2.HI/c1-4-29-18-21-11-9-20(10-12-21)16-27-25(26-3)28-17-23-6-5-15-30-24(23)22-13-7-19(2)8-14-22;/h7-14,23-24H,4-6,15-18H2,1-3H3,(H2,26,27,28);1H. The average molecular weight is 537 g/mol. The van der Waals surface area contributed by atoms with Crippen LogP contribution in [0.5, 0.6) is 0 Å². The first-order valence-electron chi connectivity index (χ1n) is 11.0. The van der Waals surface area contributed by atoms with Gasteiger partial charge in [-0.3, -0.25) is 4.99 Å². The van der Waals surface area contributed by atoms with E-state index in [0.717, 1.165) is 45.1 Å². The second kappa shape index (κ2) is 13.7. The van der Waals surface area contributed by atoms with Crippen molar-refractivity contribution < 1.29 is 9.47 Å². The van der Waals surface area contributed by atoms with Crippen LogP contribution in [-0.2, 0) is 22.6 Å². The van der Waals surface area contributed by atoms with Crippen LogP contribution in [0.25, 0.3) is 0 Å². The van der Waals surface area contributed by atoms with Gasteiger partial charge in [0, 0.05) is 39.3 Å². The van der Waals surface area contributed by atoms with Crippen molar-refractivity contribution in [3.05, 3.63) is 70.8 Å². The fourth-order valence-corrected chi connectivity index (χ4v) is 3.78. The molecule has 1 saturated heterocycles. The summed E-state index contributed by atoms with van der Waals surface area (Å²) in [5.74, 6) is 1.25. The van der Waals surface area contributed by atoms with Gasteiger partial charge in [-0.05, 0) is 43.4 Å². The van der Waals surface area contributed by atoms with Gasteiger partial charge in [-0.2, -0.15) is 0 Å². The number of guanidine groups is 1. The summed E-state index contributed by atoms with van der Waals surface area (Å²) in [7, 11) is 1.81. The van der Waals surface area contributed by atoms with E-state index in [1.54, 1.807) is 0 Å². The van der Waals surface area contributed by atoms with E-state index < -0.39 is 0 Å². The molecule has 2 aromatic carbocycles. The average Bonchev–Trinajstić information content (AvgIpc) is 2.79. The van der Waals surface area contributed by atoms with Crippen molar-refractivity contribution in [3.63, 3.8) is 0 Å². The summed E-state index contributed by atoms with van der Waals surface area (Å²) in [6, 6.07) is 17.2. The molecule has 2 atom stereocenters. The van der Waals surface area contributed by atoms with E-state index in [0.29, 0.717) is 12.5 Å². The summed E-state index contributed by atoms with van der Waals surface area (Å²) in [6.45, 7) is 7.94. The minimum Gasteiger partial charge on any atom is -0.377 e. The predicted molar refractivity (Wildman–Crippen MR) is 138 cm³/mol. The zero-order chi connectivity index (χ0) is 21.2. The number of benzene rings is 2. The van der Waals surface area contributed by atoms with Gasteiger partial charge in [0.2, 0.25) is 0 Å². The van der Waals surface area contributed by atoms with Crippen LogP contribution in [-0.4, -0.2) is 32.8 Å². The molecule has 2 unspecified atom stereocenters. The fraction of sp³-hybridized carbons (Fsp3) is 0.480. The van der Waals surface area contributed by atoms with Crippen LogP contribution in [0.4, 0.5) is 0 Å². The third kappa shape index (κ3) is 8.09. The number of ether oxygens (including phenoxy) is 2. The molecule has 0 aliphatic carbocycles. The normalized spacial score (nSPS) is 18.9. The Balaban J connectivity index is 0.00000341. The first-order chi connectivity index (χ1) is 14.7. The van der Waals surface area contributed by atoms with Crippen LogP contribution in [0, 0.1) is 12.8 Å². The Bertz CT molecular complexity index is 793. The molecule has 6 heteroatoms. The van der Waals surface area contributed by atoms with Gasteiger partial charge >= 0.3 is 0 Å². The second-order valence-corrected chi connectivity index (χ2v) is 7.86. The SMILES string of the molecule is CCOCc1ccc(CNC(=NC)NCC2CCCOC2c2ccc(C)cc2)cc1.I. The summed E-state index contributed by atoms with van der Waals surface area (Å²) >= 11 is 0. The molecule has 2 N–H and O–H groups in total. The molecule has 5 nitrogen and oxygen atoms in total. The monoisotopic (exact) mass is 537 g/mol. The number of nitrogens with one attached hydrogen (secondary N) is 2. The lowest BCUT2D eigenvalue weighted by Gasteiger charge is -2.32. The van der Waals surface area contributed by atoms with E-state index >= 15 is 0 Å². The van der Waals surface area contributed by atoms with Crippen molar-refractivity contribution in [1.29, 1.82) is 0 Å². The van der Waals surface area contributed by atoms with Gasteiger partial charge in [0.25, 0.3) is 0 Å². The van der Waals surface area contributed by atoms with Crippen LogP contribution >= 0.6 is 24.0 Å². The Hall–Kier alpha value is -1.64. The number of hydrogen-bond acceptors (Lipinski definition) is 3. The van der Waals surface area contributed by atoms with Gasteiger partial charge < -0.3 is 20.1 Å². The molecule has 0 spiro atoms. The summed E-state index contributed by atoms with van der Waals surface area (Å²) in [5.41, 5.74) is 4.96. The molecule has 0 radical (unpaired) electrons. The molecule has 0 aromatic heterocycles. The van der Waals surface area contributed by atoms with Crippen molar-refractivity contribution in [2.45, 2.75) is 45.9 Å². The summed E-state index contributed by atoms with van der Waals surface area (Å²) < 4.78 is 11.6. The lowest BCUT2D eigenvalue weighted by Crippen LogP contribution is -2.41. The first kappa shape index (κ1) is 25.6. The number of halogens is 1. The second-order valence-electron chi connectivity index (χ2n) is 7.86. The van der Waals surface area contributed by atoms with E-state index in [9.17, 15) is 0 Å². The van der Waals surface area contributed by atoms with Gasteiger partial charge in [0.1, 0.15) is 0 Å². The zero-order valence-electron chi connectivity index (χ0n) is 18.9. The highest BCUT2D eigenvalue weighted by Gasteiger charge is 2.27. The van der Waals surface area contributed by atoms with E-state index in [4.69, 9.17) is 9.47 Å². The Morgan fingerprint density at radius 2 is 1.77 bits per heavy atom. The third-order valence-corrected chi connectivity index (χ3v) is 5.56. The largest absolute Gasteiger partial charge is 0.377 e. The van der Waals surface area contributed by atoms with E-state index in [1.807, 2.05) is 14.0 Å². The summed E-state index contributed by atoms with van der Waals surface area (Å²) in [6.07, 6.45) is 2.40. The number of nitrogens with zero attached hydrogens (tertiary/aromatic N) is 1. The Morgan fingerprint density at radius 1 is 1.06 bits per heavy atom. The number of hydrogen-bond donors (Lipinski definition) is 2. The quantitative estimate of drug-likeness (QED) is 0.283. The maximum atomic E-state index is 6.14. The van der Waals surface area contributed by atoms with Crippen LogP contribution in [0.2, 0.25) is 0 Å². The smallest absolute Gasteiger partial charge is 0.191 e. The topological polar surface area (TPSA) is 54.9 Å². The maximum Gasteiger partial charge on any atom is 0.191 e. The molecule has 1 aliphatic rings. The predicted octanol–water partition coefficient (Wildman–Crippen LogP) is 4.98. The van der Waals surface area contributed by atoms with Crippen molar-refractivity contribution in [2.75, 3.05) is 26.8 Å². The fourth-order valence-electron chi connectivity index (χ4n) is 3.78. The van der Waals surface area contributed by atoms with Crippen molar-refractivity contribution in [3.8, 4) is 0 Å². The molecular formula is C25H36IN3O2. The molecule has 0 amide bonds. The van der Waals surface area contributed by atoms with E-state index in [1.165, 1.54) is 22.3 Å². The molecular weight excluding hydrogens is 501 g/mol. The minimum absolute atomic E-state index is 0. The van der Waals surface area contributed by atoms with Crippen molar-refractivity contribution in [1.82, 2.24) is 10.6 Å². The minimum atomic E-state index is 0. The van der Waals surface area contributed by atoms with E-state index in [2.05, 4.69) is 71.1 Å². The third-order valence-electron chi connectivity index (χ3n) is 5.56. The van der Waals surface area contributed by atoms with Gasteiger partial charge in [-0.25, -0.2) is 0 Å². The Kier molecular flexibility index (Phi) is 11.3.